The molecule has 0 radical (unpaired) electrons. The van der Waals surface area contributed by atoms with E-state index in [0.717, 1.165) is 11.4 Å². The Morgan fingerprint density at radius 1 is 1.18 bits per heavy atom. The minimum Gasteiger partial charge on any atom is -0.306 e. The van der Waals surface area contributed by atoms with Gasteiger partial charge in [0.25, 0.3) is 6.43 Å². The van der Waals surface area contributed by atoms with E-state index in [0.29, 0.717) is 6.54 Å². The molecule has 5 heteroatoms. The minimum absolute atomic E-state index is 0.307. The van der Waals surface area contributed by atoms with Crippen molar-refractivity contribution in [2.45, 2.75) is 13.0 Å². The van der Waals surface area contributed by atoms with E-state index < -0.39 is 6.43 Å². The number of alkyl halides is 2. The van der Waals surface area contributed by atoms with E-state index in [9.17, 15) is 8.78 Å². The van der Waals surface area contributed by atoms with Crippen molar-refractivity contribution in [1.29, 1.82) is 0 Å². The van der Waals surface area contributed by atoms with E-state index >= 15 is 0 Å². The molecular weight excluding hydrogens is 224 g/mol. The van der Waals surface area contributed by atoms with Crippen molar-refractivity contribution < 1.29 is 8.78 Å². The second kappa shape index (κ2) is 5.54. The average molecular weight is 237 g/mol. The van der Waals surface area contributed by atoms with Gasteiger partial charge in [0.1, 0.15) is 0 Å². The van der Waals surface area contributed by atoms with Gasteiger partial charge >= 0.3 is 0 Å². The number of nitrogens with one attached hydrogen (secondary N) is 1. The van der Waals surface area contributed by atoms with Gasteiger partial charge in [-0.15, -0.1) is 0 Å². The van der Waals surface area contributed by atoms with Crippen molar-refractivity contribution in [1.82, 2.24) is 15.1 Å². The van der Waals surface area contributed by atoms with Gasteiger partial charge in [0.2, 0.25) is 0 Å². The molecule has 1 aromatic heterocycles. The first kappa shape index (κ1) is 11.7. The Morgan fingerprint density at radius 3 is 2.65 bits per heavy atom. The van der Waals surface area contributed by atoms with E-state index in [1.54, 1.807) is 4.68 Å². The quantitative estimate of drug-likeness (QED) is 0.864. The first-order chi connectivity index (χ1) is 8.25. The summed E-state index contributed by atoms with van der Waals surface area (Å²) < 4.78 is 25.6. The fraction of sp³-hybridized carbons (Fsp3) is 0.250. The third kappa shape index (κ3) is 3.35. The van der Waals surface area contributed by atoms with Crippen molar-refractivity contribution in [2.75, 3.05) is 6.54 Å². The number of aromatic nitrogens is 2. The molecule has 0 fully saturated rings. The lowest BCUT2D eigenvalue weighted by Gasteiger charge is -2.01. The summed E-state index contributed by atoms with van der Waals surface area (Å²) in [5, 5.41) is 6.93. The maximum Gasteiger partial charge on any atom is 0.250 e. The first-order valence-corrected chi connectivity index (χ1v) is 5.34. The Bertz CT molecular complexity index is 454. The second-order valence-electron chi connectivity index (χ2n) is 3.61. The lowest BCUT2D eigenvalue weighted by Crippen LogP contribution is -2.20. The van der Waals surface area contributed by atoms with Gasteiger partial charge in [0, 0.05) is 12.7 Å². The topological polar surface area (TPSA) is 29.9 Å². The van der Waals surface area contributed by atoms with E-state index in [-0.39, 0.29) is 6.54 Å². The smallest absolute Gasteiger partial charge is 0.250 e. The summed E-state index contributed by atoms with van der Waals surface area (Å²) >= 11 is 0. The highest BCUT2D eigenvalue weighted by Gasteiger charge is 2.03. The molecule has 0 saturated heterocycles. The zero-order valence-electron chi connectivity index (χ0n) is 9.18. The predicted molar refractivity (Wildman–Crippen MR) is 61.3 cm³/mol. The maximum atomic E-state index is 11.9. The van der Waals surface area contributed by atoms with Crippen molar-refractivity contribution in [2.24, 2.45) is 0 Å². The van der Waals surface area contributed by atoms with Gasteiger partial charge in [0.05, 0.1) is 17.9 Å². The zero-order chi connectivity index (χ0) is 12.1. The molecule has 3 nitrogen and oxygen atoms in total. The van der Waals surface area contributed by atoms with E-state index in [4.69, 9.17) is 0 Å². The molecule has 0 bridgehead atoms. The molecule has 0 unspecified atom stereocenters. The fourth-order valence-electron chi connectivity index (χ4n) is 1.49. The van der Waals surface area contributed by atoms with E-state index in [1.807, 2.05) is 42.6 Å². The van der Waals surface area contributed by atoms with Crippen LogP contribution in [-0.2, 0) is 6.54 Å². The summed E-state index contributed by atoms with van der Waals surface area (Å²) in [6.45, 7) is 0.0440. The van der Waals surface area contributed by atoms with E-state index in [2.05, 4.69) is 10.4 Å². The molecule has 90 valence electrons. The molecule has 2 aromatic rings. The molecule has 1 aromatic carbocycles. The van der Waals surface area contributed by atoms with Gasteiger partial charge in [-0.25, -0.2) is 13.5 Å². The van der Waals surface area contributed by atoms with Crippen molar-refractivity contribution in [3.05, 3.63) is 48.3 Å². The average Bonchev–Trinajstić information content (AvgIpc) is 2.78. The molecule has 0 spiro atoms. The highest BCUT2D eigenvalue weighted by Crippen LogP contribution is 2.06. The van der Waals surface area contributed by atoms with Crippen LogP contribution in [0.5, 0.6) is 0 Å². The van der Waals surface area contributed by atoms with Crippen LogP contribution in [0.2, 0.25) is 0 Å². The van der Waals surface area contributed by atoms with Crippen LogP contribution in [0.3, 0.4) is 0 Å². The van der Waals surface area contributed by atoms with Gasteiger partial charge in [0.15, 0.2) is 0 Å². The highest BCUT2D eigenvalue weighted by atomic mass is 19.3. The molecule has 0 saturated carbocycles. The fourth-order valence-corrected chi connectivity index (χ4v) is 1.49. The van der Waals surface area contributed by atoms with Crippen molar-refractivity contribution >= 4 is 0 Å². The van der Waals surface area contributed by atoms with Crippen LogP contribution in [0, 0.1) is 0 Å². The summed E-state index contributed by atoms with van der Waals surface area (Å²) in [6, 6.07) is 11.5. The normalized spacial score (nSPS) is 11.0. The third-order valence-corrected chi connectivity index (χ3v) is 2.27. The Labute approximate surface area is 98.1 Å². The molecule has 0 aliphatic carbocycles. The molecule has 0 amide bonds. The standard InChI is InChI=1S/C12H13F2N3/c13-12(14)9-15-8-10-6-7-17(16-10)11-4-2-1-3-5-11/h1-7,12,15H,8-9H2. The Hall–Kier alpha value is -1.75. The molecule has 0 aliphatic heterocycles. The lowest BCUT2D eigenvalue weighted by molar-refractivity contribution is 0.145. The first-order valence-electron chi connectivity index (χ1n) is 5.34. The lowest BCUT2D eigenvalue weighted by atomic mass is 10.3. The minimum atomic E-state index is -2.33. The number of halogens is 2. The zero-order valence-corrected chi connectivity index (χ0v) is 9.18. The van der Waals surface area contributed by atoms with Gasteiger partial charge < -0.3 is 5.32 Å². The molecule has 1 N–H and O–H groups in total. The van der Waals surface area contributed by atoms with Crippen LogP contribution >= 0.6 is 0 Å². The van der Waals surface area contributed by atoms with Crippen LogP contribution < -0.4 is 5.32 Å². The maximum absolute atomic E-state index is 11.9. The molecule has 2 rings (SSSR count). The number of hydrogen-bond acceptors (Lipinski definition) is 2. The SMILES string of the molecule is FC(F)CNCc1ccn(-c2ccccc2)n1. The Balaban J connectivity index is 1.97. The van der Waals surface area contributed by atoms with Gasteiger partial charge in [-0.2, -0.15) is 5.10 Å². The number of para-hydroxylation sites is 1. The van der Waals surface area contributed by atoms with Gasteiger partial charge in [-0.05, 0) is 18.2 Å². The Kier molecular flexibility index (Phi) is 3.82. The van der Waals surface area contributed by atoms with E-state index in [1.165, 1.54) is 0 Å². The van der Waals surface area contributed by atoms with Gasteiger partial charge in [-0.1, -0.05) is 18.2 Å². The summed E-state index contributed by atoms with van der Waals surface area (Å²) in [5.74, 6) is 0. The number of hydrogen-bond donors (Lipinski definition) is 1. The molecular formula is C12H13F2N3. The van der Waals surface area contributed by atoms with Crippen LogP contribution in [0.4, 0.5) is 8.78 Å². The number of rotatable bonds is 5. The Morgan fingerprint density at radius 2 is 1.94 bits per heavy atom. The van der Waals surface area contributed by atoms with Crippen LogP contribution in [0.25, 0.3) is 5.69 Å². The molecule has 17 heavy (non-hydrogen) atoms. The van der Waals surface area contributed by atoms with Gasteiger partial charge in [-0.3, -0.25) is 0 Å². The summed E-state index contributed by atoms with van der Waals surface area (Å²) in [5.41, 5.74) is 1.70. The summed E-state index contributed by atoms with van der Waals surface area (Å²) in [7, 11) is 0. The van der Waals surface area contributed by atoms with Crippen molar-refractivity contribution in [3.8, 4) is 5.69 Å². The molecule has 0 atom stereocenters. The second-order valence-corrected chi connectivity index (χ2v) is 3.61. The van der Waals surface area contributed by atoms with Crippen LogP contribution in [0.15, 0.2) is 42.6 Å². The molecule has 0 aliphatic rings. The number of nitrogens with zero attached hydrogens (tertiary/aromatic N) is 2. The third-order valence-electron chi connectivity index (χ3n) is 2.27. The summed E-state index contributed by atoms with van der Waals surface area (Å²) in [4.78, 5) is 0. The number of benzene rings is 1. The largest absolute Gasteiger partial charge is 0.306 e. The monoisotopic (exact) mass is 237 g/mol. The highest BCUT2D eigenvalue weighted by molar-refractivity contribution is 5.30. The van der Waals surface area contributed by atoms with Crippen LogP contribution in [0.1, 0.15) is 5.69 Å². The van der Waals surface area contributed by atoms with Crippen molar-refractivity contribution in [3.63, 3.8) is 0 Å². The predicted octanol–water partition coefficient (Wildman–Crippen LogP) is 2.23. The molecule has 1 heterocycles. The van der Waals surface area contributed by atoms with Crippen LogP contribution in [-0.4, -0.2) is 22.8 Å². The summed E-state index contributed by atoms with van der Waals surface area (Å²) in [6.07, 6.45) is -0.513.